The fourth-order valence-electron chi connectivity index (χ4n) is 1.62. The SMILES string of the molecule is CC(C)OCCS(=O)(=O)N1CCC(Cl)CC1. The third kappa shape index (κ3) is 4.57. The molecular formula is C10H20ClNO3S. The summed E-state index contributed by atoms with van der Waals surface area (Å²) in [6.07, 6.45) is 1.56. The normalized spacial score (nSPS) is 20.5. The fourth-order valence-corrected chi connectivity index (χ4v) is 3.15. The highest BCUT2D eigenvalue weighted by Gasteiger charge is 2.26. The van der Waals surface area contributed by atoms with Crippen molar-refractivity contribution in [1.82, 2.24) is 4.31 Å². The molecule has 16 heavy (non-hydrogen) atoms. The average Bonchev–Trinajstić information content (AvgIpc) is 2.17. The number of nitrogens with zero attached hydrogens (tertiary/aromatic N) is 1. The molecule has 1 heterocycles. The molecule has 4 nitrogen and oxygen atoms in total. The Kier molecular flexibility index (Phi) is 5.50. The Hall–Kier alpha value is 0.160. The molecule has 0 aromatic heterocycles. The highest BCUT2D eigenvalue weighted by atomic mass is 35.5. The molecule has 0 aromatic rings. The van der Waals surface area contributed by atoms with E-state index >= 15 is 0 Å². The summed E-state index contributed by atoms with van der Waals surface area (Å²) in [6.45, 7) is 5.13. The Morgan fingerprint density at radius 2 is 1.94 bits per heavy atom. The number of piperidine rings is 1. The summed E-state index contributed by atoms with van der Waals surface area (Å²) in [5.74, 6) is 0.0676. The molecule has 1 aliphatic heterocycles. The van der Waals surface area contributed by atoms with E-state index < -0.39 is 10.0 Å². The van der Waals surface area contributed by atoms with Crippen molar-refractivity contribution in [2.75, 3.05) is 25.4 Å². The number of hydrogen-bond acceptors (Lipinski definition) is 3. The first-order valence-corrected chi connectivity index (χ1v) is 7.70. The zero-order valence-corrected chi connectivity index (χ0v) is 11.4. The van der Waals surface area contributed by atoms with Crippen LogP contribution in [-0.2, 0) is 14.8 Å². The van der Waals surface area contributed by atoms with Gasteiger partial charge in [-0.1, -0.05) is 0 Å². The molecule has 1 rings (SSSR count). The maximum atomic E-state index is 11.9. The standard InChI is InChI=1S/C10H20ClNO3S/c1-9(2)15-7-8-16(13,14)12-5-3-10(11)4-6-12/h9-10H,3-8H2,1-2H3. The smallest absolute Gasteiger partial charge is 0.216 e. The van der Waals surface area contributed by atoms with E-state index in [9.17, 15) is 8.42 Å². The molecule has 0 N–H and O–H groups in total. The van der Waals surface area contributed by atoms with E-state index in [1.807, 2.05) is 13.8 Å². The first-order chi connectivity index (χ1) is 7.42. The lowest BCUT2D eigenvalue weighted by atomic mass is 10.2. The van der Waals surface area contributed by atoms with Crippen LogP contribution >= 0.6 is 11.6 Å². The fraction of sp³-hybridized carbons (Fsp3) is 1.00. The molecule has 0 bridgehead atoms. The molecule has 0 unspecified atom stereocenters. The second-order valence-electron chi connectivity index (χ2n) is 4.31. The maximum absolute atomic E-state index is 11.9. The minimum absolute atomic E-state index is 0.0676. The van der Waals surface area contributed by atoms with Crippen molar-refractivity contribution in [3.05, 3.63) is 0 Å². The summed E-state index contributed by atoms with van der Waals surface area (Å²) in [5, 5.41) is 0.123. The van der Waals surface area contributed by atoms with Gasteiger partial charge in [-0.05, 0) is 26.7 Å². The summed E-state index contributed by atoms with van der Waals surface area (Å²) in [4.78, 5) is 0. The summed E-state index contributed by atoms with van der Waals surface area (Å²) in [5.41, 5.74) is 0. The van der Waals surface area contributed by atoms with Crippen molar-refractivity contribution >= 4 is 21.6 Å². The Morgan fingerprint density at radius 1 is 1.38 bits per heavy atom. The van der Waals surface area contributed by atoms with Gasteiger partial charge in [0, 0.05) is 18.5 Å². The largest absolute Gasteiger partial charge is 0.378 e. The molecular weight excluding hydrogens is 250 g/mol. The highest BCUT2D eigenvalue weighted by molar-refractivity contribution is 7.89. The van der Waals surface area contributed by atoms with Gasteiger partial charge < -0.3 is 4.74 Å². The zero-order chi connectivity index (χ0) is 12.2. The number of alkyl halides is 1. The van der Waals surface area contributed by atoms with Crippen molar-refractivity contribution in [2.45, 2.75) is 38.2 Å². The van der Waals surface area contributed by atoms with Gasteiger partial charge in [0.15, 0.2) is 0 Å². The van der Waals surface area contributed by atoms with Gasteiger partial charge in [0.25, 0.3) is 0 Å². The molecule has 6 heteroatoms. The lowest BCUT2D eigenvalue weighted by molar-refractivity contribution is 0.0906. The molecule has 0 radical (unpaired) electrons. The van der Waals surface area contributed by atoms with Gasteiger partial charge in [-0.15, -0.1) is 11.6 Å². The first-order valence-electron chi connectivity index (χ1n) is 5.65. The summed E-state index contributed by atoms with van der Waals surface area (Å²) in [6, 6.07) is 0. The van der Waals surface area contributed by atoms with Crippen molar-refractivity contribution in [1.29, 1.82) is 0 Å². The molecule has 0 spiro atoms. The van der Waals surface area contributed by atoms with Crippen LogP contribution in [0.5, 0.6) is 0 Å². The van der Waals surface area contributed by atoms with Crippen molar-refractivity contribution in [3.63, 3.8) is 0 Å². The second-order valence-corrected chi connectivity index (χ2v) is 7.01. The van der Waals surface area contributed by atoms with Gasteiger partial charge in [0.1, 0.15) is 0 Å². The molecule has 0 atom stereocenters. The minimum Gasteiger partial charge on any atom is -0.378 e. The van der Waals surface area contributed by atoms with Crippen LogP contribution in [0.4, 0.5) is 0 Å². The molecule has 1 saturated heterocycles. The molecule has 96 valence electrons. The molecule has 0 aromatic carbocycles. The van der Waals surface area contributed by atoms with Crippen LogP contribution < -0.4 is 0 Å². The second kappa shape index (κ2) is 6.19. The monoisotopic (exact) mass is 269 g/mol. The van der Waals surface area contributed by atoms with Crippen LogP contribution in [0.2, 0.25) is 0 Å². The minimum atomic E-state index is -3.15. The molecule has 1 fully saturated rings. The lowest BCUT2D eigenvalue weighted by Crippen LogP contribution is -2.40. The van der Waals surface area contributed by atoms with Crippen LogP contribution in [-0.4, -0.2) is 49.7 Å². The Labute approximate surface area is 103 Å². The third-order valence-electron chi connectivity index (χ3n) is 2.57. The van der Waals surface area contributed by atoms with Crippen LogP contribution in [0.15, 0.2) is 0 Å². The van der Waals surface area contributed by atoms with E-state index in [0.29, 0.717) is 13.1 Å². The maximum Gasteiger partial charge on any atom is 0.216 e. The van der Waals surface area contributed by atoms with Crippen LogP contribution in [0.1, 0.15) is 26.7 Å². The Morgan fingerprint density at radius 3 is 2.44 bits per heavy atom. The average molecular weight is 270 g/mol. The van der Waals surface area contributed by atoms with Gasteiger partial charge >= 0.3 is 0 Å². The first kappa shape index (κ1) is 14.2. The van der Waals surface area contributed by atoms with Gasteiger partial charge in [-0.2, -0.15) is 0 Å². The van der Waals surface area contributed by atoms with Crippen LogP contribution in [0, 0.1) is 0 Å². The van der Waals surface area contributed by atoms with E-state index in [1.165, 1.54) is 4.31 Å². The zero-order valence-electron chi connectivity index (χ0n) is 9.86. The van der Waals surface area contributed by atoms with E-state index in [2.05, 4.69) is 0 Å². The highest BCUT2D eigenvalue weighted by Crippen LogP contribution is 2.18. The van der Waals surface area contributed by atoms with Crippen molar-refractivity contribution in [3.8, 4) is 0 Å². The van der Waals surface area contributed by atoms with E-state index in [0.717, 1.165) is 12.8 Å². The summed E-state index contributed by atoms with van der Waals surface area (Å²) in [7, 11) is -3.15. The third-order valence-corrected chi connectivity index (χ3v) is 4.84. The topological polar surface area (TPSA) is 46.6 Å². The quantitative estimate of drug-likeness (QED) is 0.710. The van der Waals surface area contributed by atoms with E-state index in [1.54, 1.807) is 0 Å². The predicted octanol–water partition coefficient (Wildman–Crippen LogP) is 1.44. The molecule has 0 saturated carbocycles. The molecule has 1 aliphatic rings. The van der Waals surface area contributed by atoms with Gasteiger partial charge in [-0.25, -0.2) is 12.7 Å². The number of sulfonamides is 1. The Balaban J connectivity index is 2.38. The number of halogens is 1. The van der Waals surface area contributed by atoms with Gasteiger partial charge in [-0.3, -0.25) is 0 Å². The number of hydrogen-bond donors (Lipinski definition) is 0. The van der Waals surface area contributed by atoms with Crippen LogP contribution in [0.3, 0.4) is 0 Å². The van der Waals surface area contributed by atoms with E-state index in [4.69, 9.17) is 16.3 Å². The number of rotatable bonds is 5. The summed E-state index contributed by atoms with van der Waals surface area (Å²) < 4.78 is 30.5. The Bertz CT molecular complexity index is 297. The van der Waals surface area contributed by atoms with Crippen molar-refractivity contribution < 1.29 is 13.2 Å². The van der Waals surface area contributed by atoms with Gasteiger partial charge in [0.05, 0.1) is 18.5 Å². The summed E-state index contributed by atoms with van der Waals surface area (Å²) >= 11 is 5.93. The van der Waals surface area contributed by atoms with E-state index in [-0.39, 0.29) is 23.8 Å². The molecule has 0 amide bonds. The lowest BCUT2D eigenvalue weighted by Gasteiger charge is -2.28. The van der Waals surface area contributed by atoms with Crippen LogP contribution in [0.25, 0.3) is 0 Å². The number of ether oxygens (including phenoxy) is 1. The predicted molar refractivity (Wildman–Crippen MR) is 65.3 cm³/mol. The van der Waals surface area contributed by atoms with Gasteiger partial charge in [0.2, 0.25) is 10.0 Å². The molecule has 0 aliphatic carbocycles. The van der Waals surface area contributed by atoms with Crippen molar-refractivity contribution in [2.24, 2.45) is 0 Å².